The van der Waals surface area contributed by atoms with Gasteiger partial charge in [0.15, 0.2) is 0 Å². The Hall–Kier alpha value is -2.93. The number of methoxy groups -OCH3 is 1. The molecule has 1 aromatic carbocycles. The van der Waals surface area contributed by atoms with Gasteiger partial charge in [0, 0.05) is 50.3 Å². The highest BCUT2D eigenvalue weighted by atomic mass is 16.5. The average Bonchev–Trinajstić information content (AvgIpc) is 2.70. The molecule has 0 atom stereocenters. The van der Waals surface area contributed by atoms with Crippen LogP contribution in [0.4, 0.5) is 10.5 Å². The van der Waals surface area contributed by atoms with Crippen molar-refractivity contribution in [3.8, 4) is 0 Å². The van der Waals surface area contributed by atoms with Crippen molar-refractivity contribution in [3.05, 3.63) is 59.4 Å². The van der Waals surface area contributed by atoms with Crippen LogP contribution >= 0.6 is 0 Å². The third-order valence-corrected chi connectivity index (χ3v) is 4.76. The van der Waals surface area contributed by atoms with Crippen molar-refractivity contribution in [1.29, 1.82) is 0 Å². The quantitative estimate of drug-likeness (QED) is 0.860. The van der Waals surface area contributed by atoms with Gasteiger partial charge in [0.05, 0.1) is 13.5 Å². The van der Waals surface area contributed by atoms with Crippen LogP contribution in [0.1, 0.15) is 16.8 Å². The molecule has 28 heavy (non-hydrogen) atoms. The lowest BCUT2D eigenvalue weighted by molar-refractivity contribution is -0.115. The van der Waals surface area contributed by atoms with E-state index in [1.165, 1.54) is 7.11 Å². The lowest BCUT2D eigenvalue weighted by Crippen LogP contribution is -2.48. The van der Waals surface area contributed by atoms with Crippen LogP contribution in [-0.2, 0) is 22.5 Å². The number of aromatic nitrogens is 1. The summed E-state index contributed by atoms with van der Waals surface area (Å²) in [6, 6.07) is 11.7. The van der Waals surface area contributed by atoms with Gasteiger partial charge in [-0.3, -0.25) is 14.7 Å². The molecule has 0 radical (unpaired) electrons. The molecule has 148 valence electrons. The van der Waals surface area contributed by atoms with E-state index >= 15 is 0 Å². The number of hydrogen-bond donors (Lipinski definition) is 1. The maximum Gasteiger partial charge on any atom is 0.409 e. The summed E-state index contributed by atoms with van der Waals surface area (Å²) in [4.78, 5) is 32.1. The summed E-state index contributed by atoms with van der Waals surface area (Å²) < 4.78 is 4.77. The lowest BCUT2D eigenvalue weighted by Gasteiger charge is -2.33. The van der Waals surface area contributed by atoms with E-state index in [4.69, 9.17) is 4.74 Å². The minimum absolute atomic E-state index is 0.0607. The molecule has 7 heteroatoms. The second-order valence-corrected chi connectivity index (χ2v) is 6.97. The van der Waals surface area contributed by atoms with Crippen molar-refractivity contribution in [2.24, 2.45) is 0 Å². The molecule has 0 saturated carbocycles. The van der Waals surface area contributed by atoms with Crippen LogP contribution in [0.2, 0.25) is 0 Å². The molecule has 1 aliphatic rings. The highest BCUT2D eigenvalue weighted by Crippen LogP contribution is 2.15. The Bertz CT molecular complexity index is 815. The fourth-order valence-electron chi connectivity index (χ4n) is 3.22. The molecule has 1 aliphatic heterocycles. The van der Waals surface area contributed by atoms with Crippen LogP contribution in [-0.4, -0.2) is 60.1 Å². The number of ether oxygens (including phenoxy) is 1. The molecule has 2 amide bonds. The number of anilines is 1. The van der Waals surface area contributed by atoms with Crippen molar-refractivity contribution in [2.45, 2.75) is 19.9 Å². The first-order chi connectivity index (χ1) is 13.5. The first-order valence-corrected chi connectivity index (χ1v) is 9.39. The van der Waals surface area contributed by atoms with Crippen LogP contribution < -0.4 is 5.32 Å². The molecule has 2 heterocycles. The van der Waals surface area contributed by atoms with E-state index in [2.05, 4.69) is 15.2 Å². The number of piperazine rings is 1. The number of carbonyl (C=O) groups excluding carboxylic acids is 2. The summed E-state index contributed by atoms with van der Waals surface area (Å²) in [6.07, 6.45) is 1.76. The molecular weight excluding hydrogens is 356 g/mol. The molecule has 1 saturated heterocycles. The average molecular weight is 382 g/mol. The van der Waals surface area contributed by atoms with Gasteiger partial charge in [-0.1, -0.05) is 18.2 Å². The summed E-state index contributed by atoms with van der Waals surface area (Å²) in [5.41, 5.74) is 3.74. The first-order valence-electron chi connectivity index (χ1n) is 9.39. The number of carbonyl (C=O) groups is 2. The van der Waals surface area contributed by atoms with Crippen LogP contribution in [0.3, 0.4) is 0 Å². The Morgan fingerprint density at radius 3 is 2.57 bits per heavy atom. The lowest BCUT2D eigenvalue weighted by atomic mass is 10.1. The summed E-state index contributed by atoms with van der Waals surface area (Å²) >= 11 is 0. The molecule has 0 aliphatic carbocycles. The molecule has 7 nitrogen and oxygen atoms in total. The number of benzene rings is 1. The van der Waals surface area contributed by atoms with Gasteiger partial charge >= 0.3 is 6.09 Å². The summed E-state index contributed by atoms with van der Waals surface area (Å²) in [5, 5.41) is 2.96. The number of rotatable bonds is 5. The minimum Gasteiger partial charge on any atom is -0.453 e. The smallest absolute Gasteiger partial charge is 0.409 e. The van der Waals surface area contributed by atoms with E-state index in [1.807, 2.05) is 43.3 Å². The van der Waals surface area contributed by atoms with Crippen molar-refractivity contribution in [2.75, 3.05) is 38.6 Å². The van der Waals surface area contributed by atoms with E-state index < -0.39 is 0 Å². The van der Waals surface area contributed by atoms with Gasteiger partial charge in [-0.15, -0.1) is 0 Å². The minimum atomic E-state index is -0.270. The SMILES string of the molecule is COC(=O)N1CCN(Cc2cccc(NC(=O)Cc3ccc(C)nc3)c2)CC1. The largest absolute Gasteiger partial charge is 0.453 e. The van der Waals surface area contributed by atoms with Crippen LogP contribution in [0, 0.1) is 6.92 Å². The molecule has 1 N–H and O–H groups in total. The Morgan fingerprint density at radius 2 is 1.89 bits per heavy atom. The van der Waals surface area contributed by atoms with Gasteiger partial charge in [0.25, 0.3) is 0 Å². The number of pyridine rings is 1. The van der Waals surface area contributed by atoms with Crippen LogP contribution in [0.5, 0.6) is 0 Å². The predicted octanol–water partition coefficient (Wildman–Crippen LogP) is 2.46. The second kappa shape index (κ2) is 9.32. The highest BCUT2D eigenvalue weighted by molar-refractivity contribution is 5.92. The first kappa shape index (κ1) is 19.8. The van der Waals surface area contributed by atoms with Crippen molar-refractivity contribution in [3.63, 3.8) is 0 Å². The predicted molar refractivity (Wildman–Crippen MR) is 107 cm³/mol. The monoisotopic (exact) mass is 382 g/mol. The Labute approximate surface area is 165 Å². The van der Waals surface area contributed by atoms with Gasteiger partial charge in [-0.25, -0.2) is 4.79 Å². The summed E-state index contributed by atoms with van der Waals surface area (Å²) in [6.45, 7) is 5.62. The van der Waals surface area contributed by atoms with Gasteiger partial charge in [-0.05, 0) is 36.2 Å². The van der Waals surface area contributed by atoms with Gasteiger partial charge < -0.3 is 15.0 Å². The molecule has 0 bridgehead atoms. The molecule has 1 aromatic heterocycles. The number of nitrogens with one attached hydrogen (secondary N) is 1. The van der Waals surface area contributed by atoms with Crippen LogP contribution in [0.15, 0.2) is 42.6 Å². The zero-order chi connectivity index (χ0) is 19.9. The summed E-state index contributed by atoms with van der Waals surface area (Å²) in [7, 11) is 1.41. The van der Waals surface area contributed by atoms with Gasteiger partial charge in [0.2, 0.25) is 5.91 Å². The standard InChI is InChI=1S/C21H26N4O3/c1-16-6-7-17(14-22-16)13-20(26)23-19-5-3-4-18(12-19)15-24-8-10-25(11-9-24)21(27)28-2/h3-7,12,14H,8-11,13,15H2,1-2H3,(H,23,26). The van der Waals surface area contributed by atoms with Crippen molar-refractivity contribution < 1.29 is 14.3 Å². The Balaban J connectivity index is 1.52. The summed E-state index contributed by atoms with van der Waals surface area (Å²) in [5.74, 6) is -0.0607. The fraction of sp³-hybridized carbons (Fsp3) is 0.381. The van der Waals surface area contributed by atoms with E-state index in [9.17, 15) is 9.59 Å². The molecular formula is C21H26N4O3. The van der Waals surface area contributed by atoms with E-state index in [1.54, 1.807) is 11.1 Å². The van der Waals surface area contributed by atoms with E-state index in [0.717, 1.165) is 42.1 Å². The third kappa shape index (κ3) is 5.53. The van der Waals surface area contributed by atoms with E-state index in [-0.39, 0.29) is 12.0 Å². The second-order valence-electron chi connectivity index (χ2n) is 6.97. The number of amides is 2. The molecule has 3 rings (SSSR count). The molecule has 1 fully saturated rings. The van der Waals surface area contributed by atoms with Gasteiger partial charge in [-0.2, -0.15) is 0 Å². The van der Waals surface area contributed by atoms with E-state index in [0.29, 0.717) is 19.5 Å². The zero-order valence-electron chi connectivity index (χ0n) is 16.4. The Morgan fingerprint density at radius 1 is 1.11 bits per heavy atom. The highest BCUT2D eigenvalue weighted by Gasteiger charge is 2.21. The molecule has 0 spiro atoms. The third-order valence-electron chi connectivity index (χ3n) is 4.76. The maximum absolute atomic E-state index is 12.3. The van der Waals surface area contributed by atoms with Crippen molar-refractivity contribution >= 4 is 17.7 Å². The number of aryl methyl sites for hydroxylation is 1. The van der Waals surface area contributed by atoms with Gasteiger partial charge in [0.1, 0.15) is 0 Å². The fourth-order valence-corrected chi connectivity index (χ4v) is 3.22. The topological polar surface area (TPSA) is 74.8 Å². The maximum atomic E-state index is 12.3. The number of hydrogen-bond acceptors (Lipinski definition) is 5. The number of nitrogens with zero attached hydrogens (tertiary/aromatic N) is 3. The Kier molecular flexibility index (Phi) is 6.60. The van der Waals surface area contributed by atoms with Crippen LogP contribution in [0.25, 0.3) is 0 Å². The molecule has 2 aromatic rings. The molecule has 0 unspecified atom stereocenters. The van der Waals surface area contributed by atoms with Crippen molar-refractivity contribution in [1.82, 2.24) is 14.8 Å². The zero-order valence-corrected chi connectivity index (χ0v) is 16.4. The normalized spacial score (nSPS) is 14.6.